The minimum absolute atomic E-state index is 0.697. The maximum absolute atomic E-state index is 3.45. The van der Waals surface area contributed by atoms with Crippen LogP contribution in [0, 0.1) is 0 Å². The van der Waals surface area contributed by atoms with Gasteiger partial charge in [0.2, 0.25) is 0 Å². The van der Waals surface area contributed by atoms with Crippen LogP contribution in [0.5, 0.6) is 0 Å². The van der Waals surface area contributed by atoms with Crippen molar-refractivity contribution in [2.45, 2.75) is 37.6 Å². The average molecular weight is 239 g/mol. The predicted molar refractivity (Wildman–Crippen MR) is 78.0 cm³/mol. The minimum Gasteiger partial charge on any atom is -0.317 e. The molecule has 94 valence electrons. The quantitative estimate of drug-likeness (QED) is 0.832. The number of hydrogen-bond acceptors (Lipinski definition) is 1. The van der Waals surface area contributed by atoms with E-state index >= 15 is 0 Å². The van der Waals surface area contributed by atoms with Crippen LogP contribution in [0.15, 0.2) is 42.5 Å². The molecule has 0 amide bonds. The van der Waals surface area contributed by atoms with Crippen LogP contribution in [0.1, 0.15) is 37.2 Å². The molecule has 1 aliphatic rings. The highest BCUT2D eigenvalue weighted by Gasteiger charge is 2.23. The summed E-state index contributed by atoms with van der Waals surface area (Å²) in [6, 6.07) is 16.2. The van der Waals surface area contributed by atoms with Crippen LogP contribution >= 0.6 is 0 Å². The van der Waals surface area contributed by atoms with Crippen LogP contribution < -0.4 is 5.32 Å². The molecule has 0 heterocycles. The fourth-order valence-corrected chi connectivity index (χ4v) is 3.34. The van der Waals surface area contributed by atoms with Crippen LogP contribution in [-0.2, 0) is 0 Å². The molecule has 2 atom stereocenters. The SMILES string of the molecule is CNC1CCCC(c2cccc3ccccc23)C1. The Bertz CT molecular complexity index is 527. The normalized spacial score (nSPS) is 24.3. The lowest BCUT2D eigenvalue weighted by Gasteiger charge is -2.30. The van der Waals surface area contributed by atoms with Crippen molar-refractivity contribution < 1.29 is 0 Å². The molecule has 1 heteroatoms. The van der Waals surface area contributed by atoms with Crippen molar-refractivity contribution in [1.82, 2.24) is 5.32 Å². The molecule has 0 radical (unpaired) electrons. The van der Waals surface area contributed by atoms with Gasteiger partial charge in [0.25, 0.3) is 0 Å². The predicted octanol–water partition coefficient (Wildman–Crippen LogP) is 4.09. The maximum Gasteiger partial charge on any atom is 0.00698 e. The van der Waals surface area contributed by atoms with Crippen molar-refractivity contribution in [3.8, 4) is 0 Å². The first kappa shape index (κ1) is 11.7. The van der Waals surface area contributed by atoms with Gasteiger partial charge in [0.1, 0.15) is 0 Å². The second-order valence-electron chi connectivity index (χ2n) is 5.42. The highest BCUT2D eigenvalue weighted by atomic mass is 14.9. The summed E-state index contributed by atoms with van der Waals surface area (Å²) in [5, 5.41) is 6.27. The van der Waals surface area contributed by atoms with Crippen LogP contribution in [0.25, 0.3) is 10.8 Å². The van der Waals surface area contributed by atoms with E-state index in [0.717, 1.165) is 5.92 Å². The maximum atomic E-state index is 3.45. The third kappa shape index (κ3) is 2.15. The van der Waals surface area contributed by atoms with Crippen LogP contribution in [-0.4, -0.2) is 13.1 Å². The van der Waals surface area contributed by atoms with Crippen molar-refractivity contribution in [2.24, 2.45) is 0 Å². The number of hydrogen-bond donors (Lipinski definition) is 1. The van der Waals surface area contributed by atoms with Gasteiger partial charge in [-0.1, -0.05) is 48.9 Å². The summed E-state index contributed by atoms with van der Waals surface area (Å²) in [7, 11) is 2.09. The Balaban J connectivity index is 1.98. The largest absolute Gasteiger partial charge is 0.317 e. The van der Waals surface area contributed by atoms with Crippen molar-refractivity contribution in [3.05, 3.63) is 48.0 Å². The summed E-state index contributed by atoms with van der Waals surface area (Å²) in [5.74, 6) is 0.724. The van der Waals surface area contributed by atoms with E-state index in [4.69, 9.17) is 0 Å². The molecule has 3 rings (SSSR count). The number of benzene rings is 2. The van der Waals surface area contributed by atoms with Gasteiger partial charge in [0.05, 0.1) is 0 Å². The Morgan fingerprint density at radius 1 is 1.00 bits per heavy atom. The Morgan fingerprint density at radius 2 is 1.83 bits per heavy atom. The first-order valence-corrected chi connectivity index (χ1v) is 7.03. The molecule has 1 nitrogen and oxygen atoms in total. The number of rotatable bonds is 2. The number of nitrogens with one attached hydrogen (secondary N) is 1. The summed E-state index contributed by atoms with van der Waals surface area (Å²) < 4.78 is 0. The molecular weight excluding hydrogens is 218 g/mol. The Morgan fingerprint density at radius 3 is 2.72 bits per heavy atom. The van der Waals surface area contributed by atoms with E-state index in [-0.39, 0.29) is 0 Å². The average Bonchev–Trinajstić information content (AvgIpc) is 2.47. The third-order valence-electron chi connectivity index (χ3n) is 4.35. The molecule has 0 aromatic heterocycles. The Labute approximate surface area is 109 Å². The van der Waals surface area contributed by atoms with Gasteiger partial charge in [-0.2, -0.15) is 0 Å². The molecule has 1 fully saturated rings. The third-order valence-corrected chi connectivity index (χ3v) is 4.35. The first-order chi connectivity index (χ1) is 8.88. The highest BCUT2D eigenvalue weighted by Crippen LogP contribution is 2.36. The molecule has 0 spiro atoms. The number of fused-ring (bicyclic) bond motifs is 1. The van der Waals surface area contributed by atoms with Gasteiger partial charge >= 0.3 is 0 Å². The topological polar surface area (TPSA) is 12.0 Å². The highest BCUT2D eigenvalue weighted by molar-refractivity contribution is 5.86. The van der Waals surface area contributed by atoms with Crippen LogP contribution in [0.3, 0.4) is 0 Å². The standard InChI is InChI=1S/C17H21N/c1-18-15-9-4-8-14(12-15)17-11-5-7-13-6-2-3-10-16(13)17/h2-3,5-7,10-11,14-15,18H,4,8-9,12H2,1H3. The Kier molecular flexibility index (Phi) is 3.33. The van der Waals surface area contributed by atoms with Gasteiger partial charge < -0.3 is 5.32 Å². The molecule has 0 bridgehead atoms. The molecule has 18 heavy (non-hydrogen) atoms. The van der Waals surface area contributed by atoms with Gasteiger partial charge in [0.15, 0.2) is 0 Å². The second kappa shape index (κ2) is 5.11. The molecule has 2 unspecified atom stereocenters. The lowest BCUT2D eigenvalue weighted by molar-refractivity contribution is 0.356. The fraction of sp³-hybridized carbons (Fsp3) is 0.412. The van der Waals surface area contributed by atoms with Gasteiger partial charge in [-0.15, -0.1) is 0 Å². The molecule has 1 aliphatic carbocycles. The zero-order valence-corrected chi connectivity index (χ0v) is 11.0. The zero-order valence-electron chi connectivity index (χ0n) is 11.0. The molecule has 2 aromatic carbocycles. The summed E-state index contributed by atoms with van der Waals surface area (Å²) in [6.07, 6.45) is 5.30. The summed E-state index contributed by atoms with van der Waals surface area (Å²) in [6.45, 7) is 0. The van der Waals surface area contributed by atoms with E-state index in [1.54, 1.807) is 5.56 Å². The van der Waals surface area contributed by atoms with Gasteiger partial charge in [-0.3, -0.25) is 0 Å². The molecular formula is C17H21N. The Hall–Kier alpha value is -1.34. The molecule has 0 aliphatic heterocycles. The van der Waals surface area contributed by atoms with Gasteiger partial charge in [-0.05, 0) is 48.6 Å². The van der Waals surface area contributed by atoms with Crippen molar-refractivity contribution in [3.63, 3.8) is 0 Å². The smallest absolute Gasteiger partial charge is 0.00698 e. The molecule has 1 saturated carbocycles. The summed E-state index contributed by atoms with van der Waals surface area (Å²) >= 11 is 0. The van der Waals surface area contributed by atoms with E-state index in [9.17, 15) is 0 Å². The minimum atomic E-state index is 0.697. The molecule has 2 aromatic rings. The summed E-state index contributed by atoms with van der Waals surface area (Å²) in [4.78, 5) is 0. The van der Waals surface area contributed by atoms with Crippen molar-refractivity contribution in [2.75, 3.05) is 7.05 Å². The van der Waals surface area contributed by atoms with Crippen molar-refractivity contribution >= 4 is 10.8 Å². The van der Waals surface area contributed by atoms with E-state index in [1.807, 2.05) is 0 Å². The molecule has 1 N–H and O–H groups in total. The van der Waals surface area contributed by atoms with E-state index < -0.39 is 0 Å². The second-order valence-corrected chi connectivity index (χ2v) is 5.42. The van der Waals surface area contributed by atoms with E-state index in [0.29, 0.717) is 6.04 Å². The first-order valence-electron chi connectivity index (χ1n) is 7.03. The fourth-order valence-electron chi connectivity index (χ4n) is 3.34. The van der Waals surface area contributed by atoms with Crippen LogP contribution in [0.2, 0.25) is 0 Å². The lowest BCUT2D eigenvalue weighted by Crippen LogP contribution is -2.30. The van der Waals surface area contributed by atoms with E-state index in [2.05, 4.69) is 54.8 Å². The summed E-state index contributed by atoms with van der Waals surface area (Å²) in [5.41, 5.74) is 1.55. The lowest BCUT2D eigenvalue weighted by atomic mass is 9.80. The van der Waals surface area contributed by atoms with E-state index in [1.165, 1.54) is 36.5 Å². The van der Waals surface area contributed by atoms with Gasteiger partial charge in [-0.25, -0.2) is 0 Å². The zero-order chi connectivity index (χ0) is 12.4. The van der Waals surface area contributed by atoms with Gasteiger partial charge in [0, 0.05) is 6.04 Å². The van der Waals surface area contributed by atoms with Crippen molar-refractivity contribution in [1.29, 1.82) is 0 Å². The molecule has 0 saturated heterocycles. The monoisotopic (exact) mass is 239 g/mol. The van der Waals surface area contributed by atoms with Crippen LogP contribution in [0.4, 0.5) is 0 Å².